The fraction of sp³-hybridized carbons (Fsp3) is 0.385. The number of benzene rings is 1. The molecule has 8 heteroatoms. The Morgan fingerprint density at radius 3 is 2.24 bits per heavy atom. The zero-order chi connectivity index (χ0) is 15.7. The molecule has 1 aromatic rings. The second-order valence-electron chi connectivity index (χ2n) is 4.91. The molecule has 0 radical (unpaired) electrons. The molecule has 1 saturated carbocycles. The summed E-state index contributed by atoms with van der Waals surface area (Å²) in [5.74, 6) is -1.34. The molecule has 0 heterocycles. The van der Waals surface area contributed by atoms with Crippen LogP contribution >= 0.6 is 0 Å². The van der Waals surface area contributed by atoms with Crippen LogP contribution in [0.1, 0.15) is 18.4 Å². The number of sulfonamides is 1. The van der Waals surface area contributed by atoms with Gasteiger partial charge in [-0.15, -0.1) is 0 Å². The minimum atomic E-state index is -3.79. The molecule has 3 N–H and O–H groups in total. The summed E-state index contributed by atoms with van der Waals surface area (Å²) in [6.45, 7) is -0.348. The second kappa shape index (κ2) is 5.45. The van der Waals surface area contributed by atoms with Gasteiger partial charge in [0.25, 0.3) is 0 Å². The molecule has 21 heavy (non-hydrogen) atoms. The maximum atomic E-state index is 12.0. The molecule has 1 aliphatic rings. The van der Waals surface area contributed by atoms with Crippen molar-refractivity contribution < 1.29 is 23.1 Å². The lowest BCUT2D eigenvalue weighted by Crippen LogP contribution is -2.35. The highest BCUT2D eigenvalue weighted by Gasteiger charge is 2.51. The number of nitrogens with one attached hydrogen (secondary N) is 2. The van der Waals surface area contributed by atoms with Gasteiger partial charge in [-0.3, -0.25) is 9.59 Å². The predicted molar refractivity (Wildman–Crippen MR) is 74.2 cm³/mol. The lowest BCUT2D eigenvalue weighted by atomic mass is 9.96. The third-order valence-electron chi connectivity index (χ3n) is 3.58. The molecule has 0 atom stereocenters. The number of hydrogen-bond acceptors (Lipinski definition) is 4. The number of amides is 1. The van der Waals surface area contributed by atoms with Gasteiger partial charge in [0.2, 0.25) is 15.9 Å². The van der Waals surface area contributed by atoms with Gasteiger partial charge in [0.05, 0.1) is 16.9 Å². The first-order valence-corrected chi connectivity index (χ1v) is 7.84. The number of carbonyl (C=O) groups excluding carboxylic acids is 1. The first kappa shape index (κ1) is 15.5. The number of carboxylic acids is 1. The maximum absolute atomic E-state index is 12.0. The lowest BCUT2D eigenvalue weighted by Gasteiger charge is -2.11. The molecular weight excluding hydrogens is 296 g/mol. The molecular formula is C13H16N2O5S. The topological polar surface area (TPSA) is 113 Å². The lowest BCUT2D eigenvalue weighted by molar-refractivity contribution is -0.140. The van der Waals surface area contributed by atoms with Crippen molar-refractivity contribution in [1.82, 2.24) is 10.0 Å². The van der Waals surface area contributed by atoms with Gasteiger partial charge in [0, 0.05) is 7.05 Å². The number of carbonyl (C=O) groups is 2. The quantitative estimate of drug-likeness (QED) is 0.675. The van der Waals surface area contributed by atoms with Crippen molar-refractivity contribution in [2.24, 2.45) is 0 Å². The van der Waals surface area contributed by atoms with E-state index < -0.39 is 27.3 Å². The first-order chi connectivity index (χ1) is 9.82. The molecule has 0 unspecified atom stereocenters. The van der Waals surface area contributed by atoms with Gasteiger partial charge in [-0.25, -0.2) is 13.1 Å². The fourth-order valence-corrected chi connectivity index (χ4v) is 3.02. The minimum Gasteiger partial charge on any atom is -0.481 e. The predicted octanol–water partition coefficient (Wildman–Crippen LogP) is -0.173. The number of hydrogen-bond donors (Lipinski definition) is 3. The molecule has 114 valence electrons. The molecule has 0 spiro atoms. The highest BCUT2D eigenvalue weighted by atomic mass is 32.2. The van der Waals surface area contributed by atoms with Gasteiger partial charge < -0.3 is 10.4 Å². The Labute approximate surface area is 122 Å². The number of likely N-dealkylation sites (N-methyl/N-ethyl adjacent to an activating group) is 1. The van der Waals surface area contributed by atoms with E-state index in [-0.39, 0.29) is 11.4 Å². The van der Waals surface area contributed by atoms with Crippen LogP contribution in [0.2, 0.25) is 0 Å². The molecule has 1 aliphatic carbocycles. The van der Waals surface area contributed by atoms with Crippen molar-refractivity contribution in [1.29, 1.82) is 0 Å². The molecule has 0 aromatic heterocycles. The van der Waals surface area contributed by atoms with E-state index in [4.69, 9.17) is 0 Å². The van der Waals surface area contributed by atoms with Crippen LogP contribution < -0.4 is 10.0 Å². The van der Waals surface area contributed by atoms with Crippen molar-refractivity contribution in [2.75, 3.05) is 13.6 Å². The summed E-state index contributed by atoms with van der Waals surface area (Å²) < 4.78 is 26.1. The standard InChI is InChI=1S/C13H16N2O5S/c1-14-11(16)8-15-21(19,20)10-4-2-9(3-5-10)13(6-7-13)12(17)18/h2-5,15H,6-8H2,1H3,(H,14,16)(H,17,18). The van der Waals surface area contributed by atoms with Crippen LogP contribution in [0.4, 0.5) is 0 Å². The van der Waals surface area contributed by atoms with Crippen molar-refractivity contribution in [3.8, 4) is 0 Å². The Kier molecular flexibility index (Phi) is 4.02. The fourth-order valence-electron chi connectivity index (χ4n) is 2.04. The van der Waals surface area contributed by atoms with E-state index in [0.717, 1.165) is 0 Å². The van der Waals surface area contributed by atoms with Crippen LogP contribution in [0, 0.1) is 0 Å². The van der Waals surface area contributed by atoms with E-state index in [0.29, 0.717) is 18.4 Å². The van der Waals surface area contributed by atoms with E-state index in [1.54, 1.807) is 0 Å². The normalized spacial score (nSPS) is 16.2. The average molecular weight is 312 g/mol. The summed E-state index contributed by atoms with van der Waals surface area (Å²) in [5.41, 5.74) is -0.266. The largest absolute Gasteiger partial charge is 0.481 e. The Hall–Kier alpha value is -1.93. The van der Waals surface area contributed by atoms with Crippen molar-refractivity contribution in [3.63, 3.8) is 0 Å². The third-order valence-corrected chi connectivity index (χ3v) is 5.00. The van der Waals surface area contributed by atoms with E-state index >= 15 is 0 Å². The number of rotatable bonds is 6. The monoisotopic (exact) mass is 312 g/mol. The van der Waals surface area contributed by atoms with Gasteiger partial charge in [0.15, 0.2) is 0 Å². The number of carboxylic acid groups (broad SMARTS) is 1. The molecule has 0 bridgehead atoms. The van der Waals surface area contributed by atoms with Crippen molar-refractivity contribution >= 4 is 21.9 Å². The highest BCUT2D eigenvalue weighted by Crippen LogP contribution is 2.48. The summed E-state index contributed by atoms with van der Waals surface area (Å²) in [6, 6.07) is 5.72. The van der Waals surface area contributed by atoms with Crippen molar-refractivity contribution in [2.45, 2.75) is 23.2 Å². The summed E-state index contributed by atoms with van der Waals surface area (Å²) in [6.07, 6.45) is 1.12. The van der Waals surface area contributed by atoms with Crippen LogP contribution in [0.5, 0.6) is 0 Å². The minimum absolute atomic E-state index is 0.00339. The van der Waals surface area contributed by atoms with E-state index in [1.165, 1.54) is 31.3 Å². The zero-order valence-electron chi connectivity index (χ0n) is 11.4. The first-order valence-electron chi connectivity index (χ1n) is 6.36. The van der Waals surface area contributed by atoms with Crippen LogP contribution in [0.3, 0.4) is 0 Å². The van der Waals surface area contributed by atoms with Gasteiger partial charge >= 0.3 is 5.97 Å². The molecule has 1 amide bonds. The summed E-state index contributed by atoms with van der Waals surface area (Å²) in [7, 11) is -2.38. The van der Waals surface area contributed by atoms with Crippen LogP contribution in [-0.2, 0) is 25.0 Å². The molecule has 1 aromatic carbocycles. The van der Waals surface area contributed by atoms with E-state index in [2.05, 4.69) is 10.0 Å². The Morgan fingerprint density at radius 2 is 1.81 bits per heavy atom. The molecule has 2 rings (SSSR count). The van der Waals surface area contributed by atoms with Gasteiger partial charge in [-0.05, 0) is 30.5 Å². The Bertz CT molecular complexity index is 662. The van der Waals surface area contributed by atoms with Gasteiger partial charge in [0.1, 0.15) is 0 Å². The molecule has 1 fully saturated rings. The second-order valence-corrected chi connectivity index (χ2v) is 6.68. The molecule has 0 aliphatic heterocycles. The third kappa shape index (κ3) is 3.06. The summed E-state index contributed by atoms with van der Waals surface area (Å²) >= 11 is 0. The van der Waals surface area contributed by atoms with E-state index in [9.17, 15) is 23.1 Å². The Morgan fingerprint density at radius 1 is 1.24 bits per heavy atom. The van der Waals surface area contributed by atoms with Crippen LogP contribution in [0.25, 0.3) is 0 Å². The summed E-state index contributed by atoms with van der Waals surface area (Å²) in [4.78, 5) is 22.3. The van der Waals surface area contributed by atoms with Crippen LogP contribution in [0.15, 0.2) is 29.2 Å². The molecule has 0 saturated heterocycles. The average Bonchev–Trinajstić information content (AvgIpc) is 3.26. The van der Waals surface area contributed by atoms with Crippen molar-refractivity contribution in [3.05, 3.63) is 29.8 Å². The maximum Gasteiger partial charge on any atom is 0.314 e. The summed E-state index contributed by atoms with van der Waals surface area (Å²) in [5, 5.41) is 11.5. The molecule has 7 nitrogen and oxygen atoms in total. The highest BCUT2D eigenvalue weighted by molar-refractivity contribution is 7.89. The van der Waals surface area contributed by atoms with Crippen LogP contribution in [-0.4, -0.2) is 39.0 Å². The van der Waals surface area contributed by atoms with Gasteiger partial charge in [-0.1, -0.05) is 12.1 Å². The van der Waals surface area contributed by atoms with E-state index in [1.807, 2.05) is 0 Å². The smallest absolute Gasteiger partial charge is 0.314 e. The van der Waals surface area contributed by atoms with Gasteiger partial charge in [-0.2, -0.15) is 0 Å². The zero-order valence-corrected chi connectivity index (χ0v) is 12.2. The number of aliphatic carboxylic acids is 1. The SMILES string of the molecule is CNC(=O)CNS(=O)(=O)c1ccc(C2(C(=O)O)CC2)cc1. The Balaban J connectivity index is 2.15.